The molecule has 1 aromatic carbocycles. The number of amides is 1. The highest BCUT2D eigenvalue weighted by atomic mass is 32.1. The summed E-state index contributed by atoms with van der Waals surface area (Å²) in [5, 5.41) is 0. The fraction of sp³-hybridized carbons (Fsp3) is 0.188. The zero-order valence-electron chi connectivity index (χ0n) is 11.2. The molecule has 1 amide bonds. The predicted molar refractivity (Wildman–Crippen MR) is 82.1 cm³/mol. The van der Waals surface area contributed by atoms with Crippen LogP contribution in [0.1, 0.15) is 20.1 Å². The lowest BCUT2D eigenvalue weighted by Gasteiger charge is -2.21. The van der Waals surface area contributed by atoms with Crippen LogP contribution in [0.15, 0.2) is 49.1 Å². The van der Waals surface area contributed by atoms with Crippen LogP contribution in [0.25, 0.3) is 0 Å². The molecule has 0 aliphatic heterocycles. The van der Waals surface area contributed by atoms with E-state index in [1.165, 1.54) is 0 Å². The van der Waals surface area contributed by atoms with Crippen molar-refractivity contribution in [1.82, 2.24) is 0 Å². The van der Waals surface area contributed by atoms with Gasteiger partial charge in [-0.25, -0.2) is 0 Å². The van der Waals surface area contributed by atoms with E-state index in [1.807, 2.05) is 50.2 Å². The number of hydrogen-bond donors (Lipinski definition) is 0. The molecule has 0 fully saturated rings. The number of para-hydroxylation sites is 1. The summed E-state index contributed by atoms with van der Waals surface area (Å²) in [5.74, 6) is 0.0351. The van der Waals surface area contributed by atoms with Gasteiger partial charge in [0, 0.05) is 22.0 Å². The number of rotatable bonds is 4. The van der Waals surface area contributed by atoms with Crippen LogP contribution in [0.4, 0.5) is 5.69 Å². The lowest BCUT2D eigenvalue weighted by molar-refractivity contribution is 0.0989. The number of hydrogen-bond acceptors (Lipinski definition) is 2. The summed E-state index contributed by atoms with van der Waals surface area (Å²) in [6, 6.07) is 11.7. The second-order valence-electron chi connectivity index (χ2n) is 4.37. The van der Waals surface area contributed by atoms with E-state index >= 15 is 0 Å². The molecule has 1 heterocycles. The Morgan fingerprint density at radius 1 is 1.32 bits per heavy atom. The molecule has 2 rings (SSSR count). The zero-order valence-corrected chi connectivity index (χ0v) is 12.0. The highest BCUT2D eigenvalue weighted by Gasteiger charge is 2.19. The molecule has 0 bridgehead atoms. The molecule has 0 saturated heterocycles. The van der Waals surface area contributed by atoms with E-state index in [4.69, 9.17) is 0 Å². The second kappa shape index (κ2) is 5.85. The van der Waals surface area contributed by atoms with Crippen LogP contribution in [0.2, 0.25) is 0 Å². The minimum atomic E-state index is 0.0351. The molecule has 98 valence electrons. The highest BCUT2D eigenvalue weighted by Crippen LogP contribution is 2.24. The van der Waals surface area contributed by atoms with Crippen LogP contribution in [0.5, 0.6) is 0 Å². The molecule has 0 N–H and O–H groups in total. The summed E-state index contributed by atoms with van der Waals surface area (Å²) in [5.41, 5.74) is 1.68. The van der Waals surface area contributed by atoms with E-state index in [2.05, 4.69) is 6.58 Å². The molecule has 0 aliphatic carbocycles. The molecule has 0 saturated carbocycles. The quantitative estimate of drug-likeness (QED) is 0.763. The molecule has 0 unspecified atom stereocenters. The van der Waals surface area contributed by atoms with Crippen molar-refractivity contribution in [3.63, 3.8) is 0 Å². The van der Waals surface area contributed by atoms with Crippen LogP contribution in [-0.4, -0.2) is 12.5 Å². The monoisotopic (exact) mass is 271 g/mol. The maximum Gasteiger partial charge on any atom is 0.259 e. The Kier molecular flexibility index (Phi) is 4.17. The largest absolute Gasteiger partial charge is 0.305 e. The predicted octanol–water partition coefficient (Wildman–Crippen LogP) is 4.20. The van der Waals surface area contributed by atoms with Gasteiger partial charge in [0.2, 0.25) is 0 Å². The van der Waals surface area contributed by atoms with Gasteiger partial charge in [-0.15, -0.1) is 17.9 Å². The van der Waals surface area contributed by atoms with E-state index < -0.39 is 0 Å². The van der Waals surface area contributed by atoms with Crippen molar-refractivity contribution >= 4 is 22.9 Å². The SMILES string of the molecule is C=CCN(C(=O)c1cc(C)sc1C)c1ccccc1. The van der Waals surface area contributed by atoms with Crippen molar-refractivity contribution in [2.75, 3.05) is 11.4 Å². The second-order valence-corrected chi connectivity index (χ2v) is 5.83. The number of carbonyl (C=O) groups is 1. The first kappa shape index (κ1) is 13.6. The van der Waals surface area contributed by atoms with Crippen molar-refractivity contribution in [2.24, 2.45) is 0 Å². The maximum absolute atomic E-state index is 12.7. The minimum Gasteiger partial charge on any atom is -0.305 e. The molecular formula is C16H17NOS. The number of carbonyl (C=O) groups excluding carboxylic acids is 1. The summed E-state index contributed by atoms with van der Waals surface area (Å²) < 4.78 is 0. The standard InChI is InChI=1S/C16H17NOS/c1-4-10-17(14-8-6-5-7-9-14)16(18)15-11-12(2)19-13(15)3/h4-9,11H,1,10H2,2-3H3. The average Bonchev–Trinajstić information content (AvgIpc) is 2.75. The summed E-state index contributed by atoms with van der Waals surface area (Å²) in [7, 11) is 0. The first-order valence-electron chi connectivity index (χ1n) is 6.18. The third-order valence-corrected chi connectivity index (χ3v) is 3.86. The summed E-state index contributed by atoms with van der Waals surface area (Å²) >= 11 is 1.65. The van der Waals surface area contributed by atoms with Gasteiger partial charge in [-0.05, 0) is 32.0 Å². The Labute approximate surface area is 118 Å². The van der Waals surface area contributed by atoms with Gasteiger partial charge >= 0.3 is 0 Å². The lowest BCUT2D eigenvalue weighted by atomic mass is 10.2. The molecular weight excluding hydrogens is 254 g/mol. The molecule has 1 aromatic heterocycles. The topological polar surface area (TPSA) is 20.3 Å². The lowest BCUT2D eigenvalue weighted by Crippen LogP contribution is -2.31. The Balaban J connectivity index is 2.37. The van der Waals surface area contributed by atoms with E-state index in [1.54, 1.807) is 22.3 Å². The molecule has 3 heteroatoms. The van der Waals surface area contributed by atoms with Crippen molar-refractivity contribution in [1.29, 1.82) is 0 Å². The number of aryl methyl sites for hydroxylation is 2. The van der Waals surface area contributed by atoms with Gasteiger partial charge in [-0.2, -0.15) is 0 Å². The third-order valence-electron chi connectivity index (χ3n) is 2.90. The van der Waals surface area contributed by atoms with Gasteiger partial charge in [0.05, 0.1) is 5.56 Å². The number of nitrogens with zero attached hydrogens (tertiary/aromatic N) is 1. The molecule has 2 aromatic rings. The molecule has 0 atom stereocenters. The van der Waals surface area contributed by atoms with E-state index in [-0.39, 0.29) is 5.91 Å². The van der Waals surface area contributed by atoms with Gasteiger partial charge in [0.15, 0.2) is 0 Å². The van der Waals surface area contributed by atoms with Crippen LogP contribution in [0, 0.1) is 13.8 Å². The summed E-state index contributed by atoms with van der Waals surface area (Å²) in [6.07, 6.45) is 1.75. The van der Waals surface area contributed by atoms with Crippen LogP contribution < -0.4 is 4.90 Å². The van der Waals surface area contributed by atoms with Crippen LogP contribution in [0.3, 0.4) is 0 Å². The molecule has 19 heavy (non-hydrogen) atoms. The van der Waals surface area contributed by atoms with Crippen LogP contribution in [-0.2, 0) is 0 Å². The normalized spacial score (nSPS) is 10.2. The van der Waals surface area contributed by atoms with Crippen molar-refractivity contribution in [2.45, 2.75) is 13.8 Å². The van der Waals surface area contributed by atoms with Gasteiger partial charge in [-0.3, -0.25) is 4.79 Å². The zero-order chi connectivity index (χ0) is 13.8. The van der Waals surface area contributed by atoms with E-state index in [9.17, 15) is 4.79 Å². The average molecular weight is 271 g/mol. The first-order valence-corrected chi connectivity index (χ1v) is 7.00. The Morgan fingerprint density at radius 3 is 2.53 bits per heavy atom. The van der Waals surface area contributed by atoms with Gasteiger partial charge in [0.25, 0.3) is 5.91 Å². The number of anilines is 1. The first-order chi connectivity index (χ1) is 9.13. The smallest absolute Gasteiger partial charge is 0.259 e. The van der Waals surface area contributed by atoms with Crippen molar-refractivity contribution in [3.05, 3.63) is 64.4 Å². The number of thiophene rings is 1. The van der Waals surface area contributed by atoms with Gasteiger partial charge in [-0.1, -0.05) is 24.3 Å². The molecule has 0 spiro atoms. The van der Waals surface area contributed by atoms with Gasteiger partial charge < -0.3 is 4.90 Å². The summed E-state index contributed by atoms with van der Waals surface area (Å²) in [4.78, 5) is 16.6. The highest BCUT2D eigenvalue weighted by molar-refractivity contribution is 7.12. The number of benzene rings is 1. The Hall–Kier alpha value is -1.87. The van der Waals surface area contributed by atoms with Crippen molar-refractivity contribution in [3.8, 4) is 0 Å². The minimum absolute atomic E-state index is 0.0351. The maximum atomic E-state index is 12.7. The summed E-state index contributed by atoms with van der Waals surface area (Å²) in [6.45, 7) is 8.26. The van der Waals surface area contributed by atoms with E-state index in [0.29, 0.717) is 6.54 Å². The fourth-order valence-corrected chi connectivity index (χ4v) is 2.95. The molecule has 0 radical (unpaired) electrons. The molecule has 0 aliphatic rings. The fourth-order valence-electron chi connectivity index (χ4n) is 2.03. The Bertz CT molecular complexity index is 586. The van der Waals surface area contributed by atoms with Gasteiger partial charge in [0.1, 0.15) is 0 Å². The van der Waals surface area contributed by atoms with Crippen LogP contribution >= 0.6 is 11.3 Å². The Morgan fingerprint density at radius 2 is 2.00 bits per heavy atom. The van der Waals surface area contributed by atoms with E-state index in [0.717, 1.165) is 21.0 Å². The van der Waals surface area contributed by atoms with Crippen molar-refractivity contribution < 1.29 is 4.79 Å². The third kappa shape index (κ3) is 2.93. The molecule has 2 nitrogen and oxygen atoms in total.